The van der Waals surface area contributed by atoms with Crippen LogP contribution >= 0.6 is 0 Å². The van der Waals surface area contributed by atoms with Crippen molar-refractivity contribution in [2.75, 3.05) is 12.4 Å². The maximum Gasteiger partial charge on any atom is 0.251 e. The molecule has 0 radical (unpaired) electrons. The summed E-state index contributed by atoms with van der Waals surface area (Å²) < 4.78 is 52.4. The third kappa shape index (κ3) is 7.23. The van der Waals surface area contributed by atoms with E-state index in [1.807, 2.05) is 36.7 Å². The normalized spacial score (nSPS) is 18.9. The highest BCUT2D eigenvalue weighted by Crippen LogP contribution is 2.37. The van der Waals surface area contributed by atoms with Gasteiger partial charge in [0.05, 0.1) is 17.4 Å². The van der Waals surface area contributed by atoms with E-state index in [1.165, 1.54) is 0 Å². The lowest BCUT2D eigenvalue weighted by molar-refractivity contribution is -0.0910. The number of rotatable bonds is 6. The number of allylic oxidation sites excluding steroid dienone is 1. The molecule has 0 bridgehead atoms. The van der Waals surface area contributed by atoms with Crippen molar-refractivity contribution in [2.45, 2.75) is 83.7 Å². The minimum Gasteiger partial charge on any atom is -0.351 e. The van der Waals surface area contributed by atoms with Crippen LogP contribution in [0.5, 0.6) is 0 Å². The van der Waals surface area contributed by atoms with E-state index in [-0.39, 0.29) is 45.2 Å². The number of nitrogens with zero attached hydrogens (tertiary/aromatic N) is 4. The fraction of sp³-hybridized carbons (Fsp3) is 0.483. The molecular weight excluding hydrogens is 508 g/mol. The number of hydrogen-bond acceptors (Lipinski definition) is 5. The predicted molar refractivity (Wildman–Crippen MR) is 149 cm³/mol. The van der Waals surface area contributed by atoms with E-state index < -0.39 is 11.8 Å². The summed E-state index contributed by atoms with van der Waals surface area (Å²) in [7, 11) is 1.71. The van der Waals surface area contributed by atoms with Gasteiger partial charge in [-0.15, -0.1) is 0 Å². The number of aromatic nitrogens is 4. The lowest BCUT2D eigenvalue weighted by Crippen LogP contribution is -2.46. The first-order valence-electron chi connectivity index (χ1n) is 12.8. The van der Waals surface area contributed by atoms with E-state index in [4.69, 9.17) is 0 Å². The Morgan fingerprint density at radius 3 is 2.33 bits per heavy atom. The van der Waals surface area contributed by atoms with E-state index in [0.717, 1.165) is 33.5 Å². The van der Waals surface area contributed by atoms with Crippen molar-refractivity contribution in [1.29, 1.82) is 0 Å². The smallest absolute Gasteiger partial charge is 0.251 e. The third-order valence-corrected chi connectivity index (χ3v) is 7.19. The van der Waals surface area contributed by atoms with Gasteiger partial charge >= 0.3 is 0 Å². The van der Waals surface area contributed by atoms with Crippen LogP contribution in [-0.2, 0) is 0 Å². The maximum atomic E-state index is 13.4. The topological polar surface area (TPSA) is 67.1 Å². The first-order valence-corrected chi connectivity index (χ1v) is 12.8. The Bertz CT molecular complexity index is 1300. The molecule has 0 saturated heterocycles. The molecule has 0 aliphatic heterocycles. The lowest BCUT2D eigenvalue weighted by atomic mass is 9.88. The van der Waals surface area contributed by atoms with Gasteiger partial charge in [0.2, 0.25) is 11.9 Å². The summed E-state index contributed by atoms with van der Waals surface area (Å²) in [5.74, 6) is -4.42. The first-order chi connectivity index (χ1) is 18.0. The highest BCUT2D eigenvalue weighted by Gasteiger charge is 2.44. The molecular formula is C29H38F4N6. The number of fused-ring (bicyclic) bond motifs is 1. The molecule has 39 heavy (non-hydrogen) atoms. The third-order valence-electron chi connectivity index (χ3n) is 7.19. The van der Waals surface area contributed by atoms with Crippen LogP contribution in [0, 0.1) is 6.92 Å². The molecule has 2 fully saturated rings. The minimum atomic E-state index is -2.54. The molecule has 0 amide bonds. The summed E-state index contributed by atoms with van der Waals surface area (Å²) >= 11 is 0. The van der Waals surface area contributed by atoms with Gasteiger partial charge in [0.25, 0.3) is 5.92 Å². The van der Waals surface area contributed by atoms with Crippen molar-refractivity contribution in [1.82, 2.24) is 24.9 Å². The second-order valence-electron chi connectivity index (χ2n) is 9.97. The molecule has 2 aliphatic rings. The van der Waals surface area contributed by atoms with Crippen molar-refractivity contribution in [3.8, 4) is 0 Å². The molecule has 3 heterocycles. The van der Waals surface area contributed by atoms with Gasteiger partial charge in [-0.1, -0.05) is 26.2 Å². The SMILES string of the molecule is C.C=Cc1cnn2ccc(/C(=C/C)c3cnc(NC4CCC(F)(F)CC4)nc3C)cc12.CNC1CC(F)(F)C1. The molecule has 2 N–H and O–H groups in total. The highest BCUT2D eigenvalue weighted by atomic mass is 19.3. The average Bonchev–Trinajstić information content (AvgIpc) is 3.28. The average molecular weight is 547 g/mol. The van der Waals surface area contributed by atoms with Gasteiger partial charge in [0, 0.05) is 61.3 Å². The zero-order valence-electron chi connectivity index (χ0n) is 21.9. The number of hydrogen-bond donors (Lipinski definition) is 2. The lowest BCUT2D eigenvalue weighted by Gasteiger charge is -2.34. The Labute approximate surface area is 227 Å². The van der Waals surface area contributed by atoms with Gasteiger partial charge in [0.15, 0.2) is 0 Å². The number of aryl methyl sites for hydroxylation is 1. The molecule has 0 spiro atoms. The van der Waals surface area contributed by atoms with E-state index in [1.54, 1.807) is 25.5 Å². The Kier molecular flexibility index (Phi) is 9.53. The standard InChI is InChI=1S/C23H25F2N5.C5H9F2N.CH4/c1-4-16-13-27-30-11-8-17(12-21(16)30)19(5-2)20-14-26-22(28-15(20)3)29-18-6-9-23(24,25)10-7-18;1-8-4-2-5(6,7)3-4;/h4-5,8,11-14,18H,1,6-7,9-10H2,2-3H3,(H,26,28,29);4,8H,2-3H2,1H3;1H4/b19-5-;;. The molecule has 212 valence electrons. The fourth-order valence-electron chi connectivity index (χ4n) is 4.84. The number of alkyl halides is 4. The van der Waals surface area contributed by atoms with Crippen molar-refractivity contribution < 1.29 is 17.6 Å². The largest absolute Gasteiger partial charge is 0.351 e. The number of anilines is 1. The van der Waals surface area contributed by atoms with Crippen LogP contribution in [0.15, 0.2) is 43.4 Å². The van der Waals surface area contributed by atoms with Crippen LogP contribution in [-0.4, -0.2) is 50.6 Å². The van der Waals surface area contributed by atoms with E-state index in [0.29, 0.717) is 18.8 Å². The van der Waals surface area contributed by atoms with Crippen LogP contribution in [0.3, 0.4) is 0 Å². The molecule has 6 nitrogen and oxygen atoms in total. The summed E-state index contributed by atoms with van der Waals surface area (Å²) in [6.45, 7) is 7.77. The number of pyridine rings is 1. The van der Waals surface area contributed by atoms with Crippen LogP contribution in [0.2, 0.25) is 0 Å². The minimum absolute atomic E-state index is 0. The van der Waals surface area contributed by atoms with E-state index in [2.05, 4.69) is 38.3 Å². The van der Waals surface area contributed by atoms with Crippen molar-refractivity contribution in [3.63, 3.8) is 0 Å². The van der Waals surface area contributed by atoms with Gasteiger partial charge in [-0.05, 0) is 57.0 Å². The molecule has 10 heteroatoms. The molecule has 0 unspecified atom stereocenters. The first kappa shape index (κ1) is 30.3. The Morgan fingerprint density at radius 1 is 1.10 bits per heavy atom. The summed E-state index contributed by atoms with van der Waals surface area (Å²) in [6.07, 6.45) is 10.0. The van der Waals surface area contributed by atoms with Crippen molar-refractivity contribution in [2.24, 2.45) is 0 Å². The zero-order valence-corrected chi connectivity index (χ0v) is 21.9. The monoisotopic (exact) mass is 546 g/mol. The second kappa shape index (κ2) is 12.3. The predicted octanol–water partition coefficient (Wildman–Crippen LogP) is 7.16. The van der Waals surface area contributed by atoms with Crippen molar-refractivity contribution >= 4 is 23.1 Å². The number of halogens is 4. The van der Waals surface area contributed by atoms with E-state index in [9.17, 15) is 17.6 Å². The molecule has 2 saturated carbocycles. The zero-order chi connectivity index (χ0) is 27.5. The van der Waals surface area contributed by atoms with E-state index >= 15 is 0 Å². The van der Waals surface area contributed by atoms with Gasteiger partial charge in [-0.25, -0.2) is 32.0 Å². The van der Waals surface area contributed by atoms with Gasteiger partial charge in [0.1, 0.15) is 0 Å². The fourth-order valence-corrected chi connectivity index (χ4v) is 4.84. The molecule has 5 rings (SSSR count). The molecule has 0 aromatic carbocycles. The summed E-state index contributed by atoms with van der Waals surface area (Å²) in [5.41, 5.74) is 5.78. The summed E-state index contributed by atoms with van der Waals surface area (Å²) in [5, 5.41) is 10.3. The molecule has 0 atom stereocenters. The van der Waals surface area contributed by atoms with Crippen LogP contribution in [0.4, 0.5) is 23.5 Å². The molecule has 3 aromatic heterocycles. The van der Waals surface area contributed by atoms with Gasteiger partial charge in [-0.2, -0.15) is 5.10 Å². The second-order valence-corrected chi connectivity index (χ2v) is 9.97. The van der Waals surface area contributed by atoms with Crippen molar-refractivity contribution in [3.05, 3.63) is 65.8 Å². The summed E-state index contributed by atoms with van der Waals surface area (Å²) in [4.78, 5) is 9.07. The maximum absolute atomic E-state index is 13.4. The Morgan fingerprint density at radius 2 is 1.79 bits per heavy atom. The Hall–Kier alpha value is -3.27. The molecule has 2 aliphatic carbocycles. The highest BCUT2D eigenvalue weighted by molar-refractivity contribution is 5.83. The molecule has 3 aromatic rings. The van der Waals surface area contributed by atoms with Crippen LogP contribution in [0.1, 0.15) is 75.3 Å². The number of nitrogens with one attached hydrogen (secondary N) is 2. The van der Waals surface area contributed by atoms with Gasteiger partial charge < -0.3 is 10.6 Å². The Balaban J connectivity index is 0.000000402. The summed E-state index contributed by atoms with van der Waals surface area (Å²) in [6, 6.07) is 4.13. The quantitative estimate of drug-likeness (QED) is 0.321. The van der Waals surface area contributed by atoms with Gasteiger partial charge in [-0.3, -0.25) is 0 Å². The van der Waals surface area contributed by atoms with Crippen LogP contribution in [0.25, 0.3) is 17.2 Å². The van der Waals surface area contributed by atoms with Crippen LogP contribution < -0.4 is 10.6 Å².